The molecular formula is C17H12ClNO2S. The van der Waals surface area contributed by atoms with Crippen molar-refractivity contribution in [2.24, 2.45) is 0 Å². The van der Waals surface area contributed by atoms with Crippen LogP contribution in [0.25, 0.3) is 4.91 Å². The number of hydrogen-bond acceptors (Lipinski definition) is 3. The number of thioether (sulfide) groups is 1. The van der Waals surface area contributed by atoms with Crippen molar-refractivity contribution < 1.29 is 4.92 Å². The van der Waals surface area contributed by atoms with Gasteiger partial charge in [0.15, 0.2) is 0 Å². The Kier molecular flexibility index (Phi) is 4.32. The molecule has 5 heteroatoms. The molecule has 0 aromatic heterocycles. The molecule has 0 amide bonds. The molecule has 3 rings (SSSR count). The third-order valence-electron chi connectivity index (χ3n) is 3.36. The van der Waals surface area contributed by atoms with Crippen LogP contribution < -0.4 is 0 Å². The predicted molar refractivity (Wildman–Crippen MR) is 91.3 cm³/mol. The highest BCUT2D eigenvalue weighted by molar-refractivity contribution is 8.08. The van der Waals surface area contributed by atoms with Crippen LogP contribution in [-0.4, -0.2) is 4.92 Å². The number of nitro groups is 1. The van der Waals surface area contributed by atoms with Crippen LogP contribution in [-0.2, 0) is 0 Å². The Balaban J connectivity index is 1.99. The lowest BCUT2D eigenvalue weighted by Crippen LogP contribution is -2.10. The van der Waals surface area contributed by atoms with Crippen molar-refractivity contribution in [1.82, 2.24) is 0 Å². The second kappa shape index (κ2) is 6.38. The zero-order chi connectivity index (χ0) is 15.5. The number of rotatable bonds is 3. The highest BCUT2D eigenvalue weighted by atomic mass is 35.5. The number of nitrogens with zero attached hydrogens (tertiary/aromatic N) is 1. The molecule has 110 valence electrons. The van der Waals surface area contributed by atoms with Crippen LogP contribution in [0, 0.1) is 10.1 Å². The van der Waals surface area contributed by atoms with Gasteiger partial charge in [0, 0.05) is 16.0 Å². The zero-order valence-electron chi connectivity index (χ0n) is 11.5. The Morgan fingerprint density at radius 1 is 1.00 bits per heavy atom. The normalized spacial score (nSPS) is 17.6. The monoisotopic (exact) mass is 329 g/mol. The molecule has 0 saturated heterocycles. The van der Waals surface area contributed by atoms with Gasteiger partial charge in [-0.2, -0.15) is 0 Å². The van der Waals surface area contributed by atoms with Crippen molar-refractivity contribution in [2.75, 3.05) is 0 Å². The van der Waals surface area contributed by atoms with Crippen molar-refractivity contribution in [3.05, 3.63) is 98.7 Å². The van der Waals surface area contributed by atoms with Crippen LogP contribution in [0.1, 0.15) is 16.4 Å². The summed E-state index contributed by atoms with van der Waals surface area (Å²) in [6.45, 7) is 0. The molecule has 0 bridgehead atoms. The molecule has 1 heterocycles. The molecule has 2 aromatic rings. The average Bonchev–Trinajstić information content (AvgIpc) is 2.56. The molecule has 1 aliphatic rings. The summed E-state index contributed by atoms with van der Waals surface area (Å²) in [4.78, 5) is 12.0. The van der Waals surface area contributed by atoms with Gasteiger partial charge in [-0.3, -0.25) is 10.1 Å². The molecule has 1 aliphatic heterocycles. The molecule has 22 heavy (non-hydrogen) atoms. The summed E-state index contributed by atoms with van der Waals surface area (Å²) in [6, 6.07) is 17.0. The first kappa shape index (κ1) is 14.9. The van der Waals surface area contributed by atoms with Gasteiger partial charge < -0.3 is 0 Å². The van der Waals surface area contributed by atoms with E-state index in [2.05, 4.69) is 0 Å². The second-order valence-corrected chi connectivity index (χ2v) is 6.38. The second-order valence-electron chi connectivity index (χ2n) is 4.80. The molecule has 2 aromatic carbocycles. The fraction of sp³-hybridized carbons (Fsp3) is 0.0588. The Morgan fingerprint density at radius 3 is 2.32 bits per heavy atom. The lowest BCUT2D eigenvalue weighted by Gasteiger charge is -2.20. The van der Waals surface area contributed by atoms with E-state index >= 15 is 0 Å². The SMILES string of the molecule is O=[N+]([O-])C1=CC=C(c2ccc(Cl)cc2)SC1c1ccccc1. The number of benzene rings is 2. The third kappa shape index (κ3) is 3.08. The summed E-state index contributed by atoms with van der Waals surface area (Å²) in [7, 11) is 0. The Morgan fingerprint density at radius 2 is 1.68 bits per heavy atom. The van der Waals surface area contributed by atoms with E-state index in [0.29, 0.717) is 5.02 Å². The maximum atomic E-state index is 11.3. The van der Waals surface area contributed by atoms with Gasteiger partial charge in [0.2, 0.25) is 0 Å². The highest BCUT2D eigenvalue weighted by Gasteiger charge is 2.30. The summed E-state index contributed by atoms with van der Waals surface area (Å²) < 4.78 is 0. The Labute approximate surface area is 137 Å². The Bertz CT molecular complexity index is 754. The van der Waals surface area contributed by atoms with Gasteiger partial charge in [-0.1, -0.05) is 54.1 Å². The maximum Gasteiger partial charge on any atom is 0.263 e. The minimum atomic E-state index is -0.313. The molecule has 3 nitrogen and oxygen atoms in total. The summed E-state index contributed by atoms with van der Waals surface area (Å²) in [6.07, 6.45) is 3.39. The molecule has 0 radical (unpaired) electrons. The molecular weight excluding hydrogens is 318 g/mol. The van der Waals surface area contributed by atoms with Crippen LogP contribution >= 0.6 is 23.4 Å². The summed E-state index contributed by atoms with van der Waals surface area (Å²) in [5.74, 6) is 0. The first-order valence-electron chi connectivity index (χ1n) is 6.69. The van der Waals surface area contributed by atoms with E-state index in [9.17, 15) is 10.1 Å². The van der Waals surface area contributed by atoms with Crippen LogP contribution in [0.2, 0.25) is 5.02 Å². The molecule has 0 saturated carbocycles. The number of halogens is 1. The summed E-state index contributed by atoms with van der Waals surface area (Å²) in [5, 5.41) is 11.7. The largest absolute Gasteiger partial charge is 0.263 e. The molecule has 0 N–H and O–H groups in total. The van der Waals surface area contributed by atoms with E-state index in [1.807, 2.05) is 54.6 Å². The van der Waals surface area contributed by atoms with Crippen LogP contribution in [0.3, 0.4) is 0 Å². The molecule has 0 spiro atoms. The fourth-order valence-electron chi connectivity index (χ4n) is 2.28. The third-order valence-corrected chi connectivity index (χ3v) is 4.99. The van der Waals surface area contributed by atoms with Crippen molar-refractivity contribution >= 4 is 28.3 Å². The van der Waals surface area contributed by atoms with Crippen molar-refractivity contribution in [3.8, 4) is 0 Å². The van der Waals surface area contributed by atoms with Gasteiger partial charge in [-0.25, -0.2) is 0 Å². The van der Waals surface area contributed by atoms with Gasteiger partial charge in [-0.05, 0) is 29.3 Å². The van der Waals surface area contributed by atoms with E-state index in [1.165, 1.54) is 11.8 Å². The first-order valence-corrected chi connectivity index (χ1v) is 7.95. The summed E-state index contributed by atoms with van der Waals surface area (Å²) >= 11 is 7.40. The van der Waals surface area contributed by atoms with Gasteiger partial charge in [0.25, 0.3) is 5.70 Å². The van der Waals surface area contributed by atoms with Crippen LogP contribution in [0.15, 0.2) is 72.4 Å². The van der Waals surface area contributed by atoms with Gasteiger partial charge in [0.1, 0.15) is 5.25 Å². The quantitative estimate of drug-likeness (QED) is 0.564. The zero-order valence-corrected chi connectivity index (χ0v) is 13.1. The van der Waals surface area contributed by atoms with Crippen molar-refractivity contribution in [2.45, 2.75) is 5.25 Å². The topological polar surface area (TPSA) is 43.1 Å². The van der Waals surface area contributed by atoms with E-state index < -0.39 is 0 Å². The van der Waals surface area contributed by atoms with Crippen LogP contribution in [0.4, 0.5) is 0 Å². The highest BCUT2D eigenvalue weighted by Crippen LogP contribution is 2.47. The van der Waals surface area contributed by atoms with E-state index in [-0.39, 0.29) is 15.9 Å². The van der Waals surface area contributed by atoms with Gasteiger partial charge in [0.05, 0.1) is 4.92 Å². The minimum absolute atomic E-state index is 0.203. The maximum absolute atomic E-state index is 11.3. The number of hydrogen-bond donors (Lipinski definition) is 0. The average molecular weight is 330 g/mol. The molecule has 0 aliphatic carbocycles. The van der Waals surface area contributed by atoms with Crippen LogP contribution in [0.5, 0.6) is 0 Å². The van der Waals surface area contributed by atoms with Crippen molar-refractivity contribution in [1.29, 1.82) is 0 Å². The molecule has 1 atom stereocenters. The fourth-order valence-corrected chi connectivity index (χ4v) is 3.65. The van der Waals surface area contributed by atoms with E-state index in [4.69, 9.17) is 11.6 Å². The van der Waals surface area contributed by atoms with Gasteiger partial charge in [-0.15, -0.1) is 11.8 Å². The lowest BCUT2D eigenvalue weighted by atomic mass is 10.1. The lowest BCUT2D eigenvalue weighted by molar-refractivity contribution is -0.427. The molecule has 0 fully saturated rings. The molecule has 1 unspecified atom stereocenters. The van der Waals surface area contributed by atoms with E-state index in [0.717, 1.165) is 16.0 Å². The van der Waals surface area contributed by atoms with E-state index in [1.54, 1.807) is 12.2 Å². The smallest absolute Gasteiger partial charge is 0.259 e. The minimum Gasteiger partial charge on any atom is -0.259 e. The standard InChI is InChI=1S/C17H12ClNO2S/c18-14-8-6-12(7-9-14)16-11-10-15(19(20)21)17(22-16)13-4-2-1-3-5-13/h1-11,17H. The predicted octanol–water partition coefficient (Wildman–Crippen LogP) is 5.33. The summed E-state index contributed by atoms with van der Waals surface area (Å²) in [5.41, 5.74) is 2.14. The first-order chi connectivity index (χ1) is 10.6. The Hall–Kier alpha value is -2.04. The van der Waals surface area contributed by atoms with Gasteiger partial charge >= 0.3 is 0 Å². The number of allylic oxidation sites excluding steroid dienone is 2. The van der Waals surface area contributed by atoms with Crippen molar-refractivity contribution in [3.63, 3.8) is 0 Å².